The molecule has 130 heavy (non-hydrogen) atoms. The van der Waals surface area contributed by atoms with Crippen molar-refractivity contribution >= 4 is 189 Å². The van der Waals surface area contributed by atoms with Gasteiger partial charge in [-0.05, 0) is 107 Å². The van der Waals surface area contributed by atoms with Gasteiger partial charge in [0.2, 0.25) is 0 Å². The molecule has 54 heteroatoms. The molecule has 8 heterocycles. The number of ether oxygens (including phenoxy) is 5. The molecule has 0 bridgehead atoms. The zero-order valence-electron chi connectivity index (χ0n) is 75.3. The van der Waals surface area contributed by atoms with Gasteiger partial charge in [0.1, 0.15) is 123 Å². The van der Waals surface area contributed by atoms with Crippen LogP contribution in [0.25, 0.3) is 44.1 Å². The van der Waals surface area contributed by atoms with E-state index in [1.54, 1.807) is 9.36 Å². The second-order valence-electron chi connectivity index (χ2n) is 36.0. The normalized spacial score (nSPS) is 21.0. The monoisotopic (exact) mass is 2140 g/mol. The van der Waals surface area contributed by atoms with Gasteiger partial charge in [-0.3, -0.25) is 4.39 Å². The first-order chi connectivity index (χ1) is 57.9. The molecule has 8 aromatic heterocycles. The number of hydrogen-bond acceptors (Lipinski definition) is 36. The Hall–Kier alpha value is -5.01. The molecular weight excluding hydrogens is 2010 g/mol. The number of halogens is 4. The number of fused-ring (bicyclic) bond motifs is 4. The SMILES string of the molecule is C.C.C.C.COC(=O)c1nn(COCC[Si](C)(C)C)c2ncnc(NC3C[C@@H](S(C)(=O)=O)C[C@H]3O)c12.CS(=O)(=O)[C@@H]1CC(N)[C@H](O)C1.C[Si](C)(C)CCOCn1nc(Br)c2c(Cl)ncnc21.C[Si](C)(C)CCOCn1nc(Br)c2c(NC3C[C@@H](S(C)(=O)=O)C[C@H]3O)ncnc21.C[Si](C)(C)CCOCn1nc(C(=O)O)c2c(NC3C[C@@H](S(C)(=O)=O)C[C@H]3O)ncnc21.[2H]CF.[Na+].[OH-]. The van der Waals surface area contributed by atoms with Gasteiger partial charge in [0.15, 0.2) is 34.0 Å². The molecule has 0 saturated heterocycles. The average Bonchev–Trinajstić information content (AvgIpc) is 1.62. The number of methoxy groups -OCH3 is 1. The number of carboxylic acids is 1. The van der Waals surface area contributed by atoms with Crippen molar-refractivity contribution < 1.29 is 133 Å². The number of nitrogens with two attached hydrogens (primary N) is 1. The third-order valence-corrected chi connectivity index (χ3v) is 35.4. The van der Waals surface area contributed by atoms with Crippen molar-refractivity contribution in [1.29, 1.82) is 0 Å². The van der Waals surface area contributed by atoms with Gasteiger partial charge in [-0.1, -0.05) is 120 Å². The summed E-state index contributed by atoms with van der Waals surface area (Å²) in [5, 5.41) is 76.4. The van der Waals surface area contributed by atoms with E-state index in [-0.39, 0.29) is 157 Å². The molecule has 4 aliphatic rings. The maximum atomic E-state index is 12.4. The molecule has 4 aliphatic carbocycles. The van der Waals surface area contributed by atoms with Crippen LogP contribution < -0.4 is 51.2 Å². The van der Waals surface area contributed by atoms with Crippen molar-refractivity contribution in [3.05, 3.63) is 51.1 Å². The fourth-order valence-electron chi connectivity index (χ4n) is 13.4. The molecule has 0 spiro atoms. The molecular formula is C76H137Br2ClFN20NaO21S4Si4. The number of rotatable bonds is 32. The van der Waals surface area contributed by atoms with Crippen molar-refractivity contribution in [2.24, 2.45) is 5.73 Å². The minimum atomic E-state index is -3.30. The fourth-order valence-corrected chi connectivity index (χ4v) is 22.3. The molecule has 0 amide bonds. The number of carbonyl (C=O) groups excluding carboxylic acids is 1. The van der Waals surface area contributed by atoms with E-state index < -0.39 is 154 Å². The van der Waals surface area contributed by atoms with Crippen LogP contribution in [0.1, 0.15) is 103 Å². The minimum Gasteiger partial charge on any atom is -0.870 e. The zero-order chi connectivity index (χ0) is 93.4. The number of sulfone groups is 4. The quantitative estimate of drug-likeness (QED) is 0.00878. The van der Waals surface area contributed by atoms with Gasteiger partial charge in [-0.2, -0.15) is 20.4 Å². The summed E-state index contributed by atoms with van der Waals surface area (Å²) < 4.78 is 144. The summed E-state index contributed by atoms with van der Waals surface area (Å²) in [6.45, 7) is 30.7. The van der Waals surface area contributed by atoms with E-state index in [9.17, 15) is 68.1 Å². The maximum Gasteiger partial charge on any atom is 1.00 e. The maximum absolute atomic E-state index is 12.4. The van der Waals surface area contributed by atoms with Crippen molar-refractivity contribution in [3.8, 4) is 0 Å². The van der Waals surface area contributed by atoms with Crippen molar-refractivity contribution in [1.82, 2.24) is 79.0 Å². The standard InChI is InChI=1S/C19H31N5O6SSi.C18H29N5O6SSi.C17H28BrN5O4SSi.C11H16BrClN4OSi.C6H13NO3S.CH3F.4CH4.Na.H2O/c1-29-19(26)16-15-17(22-13-8-12(9-14(13)25)31(2,27)28)20-10-21-18(15)24(23-16)11-30-6-7-32(3,4)5;1-30(27,28)11-7-12(13(24)8-11)21-16-14-15(18(25)26)22-23(17(14)20-9-19-16)10-29-5-6-31(2,3)4;1-28(25,26)11-7-12(13(24)8-11)21-16-14-15(18)22-23(17(14)20-9-19-16)10-27-5-6-29(2,3)4;1-19(2,3)5-4-18-7-17-11-8(9(12)16-17)10(13)14-6-15-11;1-11(9,10)4-2-5(7)6(8)3-4;1-2;;;;;;/h10,12-14,25H,6-9,11H2,1-5H3,(H,20,21,22);9,11-13,24H,5-8,10H2,1-4H3,(H,25,26)(H,19,20,21);9,11-13,24H,5-8,10H2,1-4H3,(H,19,20,21);6H,4-5,7H2,1-3H3;4-6,8H,2-3,7H2,1H3;1H3;4*1H4;;1H2/q;;;;;;;;;;+1;/p-1/t12-,13?,14-;2*11-,12?,13-;;4-,5?,6-;;;;;;;/m111.1......./s1/i;;;;;1D;;;;;;. The number of aromatic nitrogens is 16. The molecule has 4 unspecified atom stereocenters. The van der Waals surface area contributed by atoms with Crippen LogP contribution in [0.2, 0.25) is 108 Å². The number of carbonyl (C=O) groups is 2. The first kappa shape index (κ1) is 121. The van der Waals surface area contributed by atoms with Crippen molar-refractivity contribution in [2.45, 2.75) is 280 Å². The van der Waals surface area contributed by atoms with E-state index in [1.807, 2.05) is 0 Å². The molecule has 4 saturated carbocycles. The van der Waals surface area contributed by atoms with Crippen LogP contribution in [0.3, 0.4) is 0 Å². The molecule has 8 aromatic rings. The van der Waals surface area contributed by atoms with E-state index in [4.69, 9.17) is 47.5 Å². The van der Waals surface area contributed by atoms with E-state index in [0.29, 0.717) is 93.7 Å². The Morgan fingerprint density at radius 2 is 0.731 bits per heavy atom. The molecule has 0 aromatic carbocycles. The summed E-state index contributed by atoms with van der Waals surface area (Å²) in [6, 6.07) is 2.23. The topological polar surface area (TPSA) is 585 Å². The number of nitrogens with zero attached hydrogens (tertiary/aromatic N) is 16. The Bertz CT molecular complexity index is 5460. The molecule has 0 radical (unpaired) electrons. The predicted octanol–water partition coefficient (Wildman–Crippen LogP) is 7.10. The Morgan fingerprint density at radius 1 is 0.469 bits per heavy atom. The van der Waals surface area contributed by atoms with E-state index >= 15 is 0 Å². The Morgan fingerprint density at radius 3 is 1.01 bits per heavy atom. The minimum absolute atomic E-state index is 0. The summed E-state index contributed by atoms with van der Waals surface area (Å²) in [5.41, 5.74) is 7.19. The van der Waals surface area contributed by atoms with Gasteiger partial charge in [0, 0.05) is 89.8 Å². The number of aliphatic hydroxyl groups excluding tert-OH is 4. The number of nitrogens with one attached hydrogen (secondary N) is 3. The largest absolute Gasteiger partial charge is 1.00 e. The van der Waals surface area contributed by atoms with Gasteiger partial charge >= 0.3 is 41.5 Å². The molecule has 736 valence electrons. The van der Waals surface area contributed by atoms with Crippen LogP contribution in [0.4, 0.5) is 21.8 Å². The van der Waals surface area contributed by atoms with Gasteiger partial charge in [-0.15, -0.1) is 0 Å². The second-order valence-corrected chi connectivity index (χ2v) is 69.6. The van der Waals surface area contributed by atoms with Crippen LogP contribution in [0.5, 0.6) is 0 Å². The van der Waals surface area contributed by atoms with Gasteiger partial charge in [-0.25, -0.2) is 102 Å². The van der Waals surface area contributed by atoms with E-state index in [1.165, 1.54) is 54.3 Å². The molecule has 4 fully saturated rings. The number of aliphatic hydroxyl groups is 4. The first-order valence-electron chi connectivity index (χ1n) is 40.5. The van der Waals surface area contributed by atoms with Crippen molar-refractivity contribution in [2.75, 3.05) is 81.7 Å². The zero-order valence-corrected chi connectivity index (χ0v) is 87.5. The third-order valence-electron chi connectivity index (χ3n) is 20.8. The number of anilines is 3. The summed E-state index contributed by atoms with van der Waals surface area (Å²) in [4.78, 5) is 57.8. The van der Waals surface area contributed by atoms with Gasteiger partial charge in [0.05, 0.1) is 101 Å². The Labute approximate surface area is 812 Å². The van der Waals surface area contributed by atoms with Gasteiger partial charge in [0.25, 0.3) is 0 Å². The Kier molecular flexibility index (Phi) is 48.9. The van der Waals surface area contributed by atoms with Crippen LogP contribution in [0, 0.1) is 0 Å². The first-order valence-corrected chi connectivity index (χ1v) is 64.4. The van der Waals surface area contributed by atoms with Crippen LogP contribution in [0.15, 0.2) is 34.5 Å². The molecule has 0 aliphatic heterocycles. The van der Waals surface area contributed by atoms with E-state index in [0.717, 1.165) is 48.7 Å². The average molecular weight is 2150 g/mol. The summed E-state index contributed by atoms with van der Waals surface area (Å²) >= 11 is 12.8. The van der Waals surface area contributed by atoms with Crippen molar-refractivity contribution in [3.63, 3.8) is 0 Å². The Balaban J connectivity index is 0.000000827. The molecule has 12 atom stereocenters. The number of carboxylic acid groups (broad SMARTS) is 1. The third kappa shape index (κ3) is 36.2. The van der Waals surface area contributed by atoms with Gasteiger partial charge < -0.3 is 76.4 Å². The fraction of sp³-hybridized carbons (Fsp3) is 0.711. The predicted molar refractivity (Wildman–Crippen MR) is 518 cm³/mol. The second kappa shape index (κ2) is 52.5. The summed E-state index contributed by atoms with van der Waals surface area (Å²) in [7, 11) is -17.3. The van der Waals surface area contributed by atoms with Crippen LogP contribution in [-0.4, -0.2) is 323 Å². The van der Waals surface area contributed by atoms with E-state index in [2.05, 4.69) is 187 Å². The molecule has 41 nitrogen and oxygen atoms in total. The number of aromatic carboxylic acids is 1. The molecule has 11 N–H and O–H groups in total. The number of alkyl halides is 1. The van der Waals surface area contributed by atoms with Crippen LogP contribution in [-0.2, 0) is 90.0 Å². The molecule has 12 rings (SSSR count). The summed E-state index contributed by atoms with van der Waals surface area (Å²) in [6.07, 6.45) is 8.86. The number of hydrogen-bond donors (Lipinski definition) is 9. The number of esters is 1. The summed E-state index contributed by atoms with van der Waals surface area (Å²) in [5.74, 6) is -0.927. The smallest absolute Gasteiger partial charge is 0.870 e. The van der Waals surface area contributed by atoms with Crippen LogP contribution >= 0.6 is 43.5 Å².